The van der Waals surface area contributed by atoms with Crippen LogP contribution in [0.3, 0.4) is 0 Å². The van der Waals surface area contributed by atoms with Crippen LogP contribution >= 0.6 is 15.9 Å². The van der Waals surface area contributed by atoms with Gasteiger partial charge in [-0.05, 0) is 65.7 Å². The summed E-state index contributed by atoms with van der Waals surface area (Å²) in [5, 5.41) is 4.15. The van der Waals surface area contributed by atoms with Crippen LogP contribution in [0.25, 0.3) is 0 Å². The van der Waals surface area contributed by atoms with Crippen molar-refractivity contribution < 1.29 is 32.3 Å². The number of halogens is 4. The quantitative estimate of drug-likeness (QED) is 0.104. The summed E-state index contributed by atoms with van der Waals surface area (Å²) in [4.78, 5) is 31.3. The number of benzene rings is 3. The van der Waals surface area contributed by atoms with E-state index in [4.69, 9.17) is 9.57 Å². The second-order valence-corrected chi connectivity index (χ2v) is 9.76. The zero-order valence-corrected chi connectivity index (χ0v) is 23.3. The molecule has 0 bridgehead atoms. The molecule has 7 nitrogen and oxygen atoms in total. The molecular formula is C30H24BrF3N2O5. The molecule has 0 radical (unpaired) electrons. The Kier molecular flexibility index (Phi) is 9.61. The molecule has 0 spiro atoms. The summed E-state index contributed by atoms with van der Waals surface area (Å²) in [6.07, 6.45) is -3.60. The van der Waals surface area contributed by atoms with E-state index >= 15 is 0 Å². The van der Waals surface area contributed by atoms with Crippen LogP contribution in [-0.2, 0) is 18.0 Å². The number of nitrogens with zero attached hydrogens (tertiary/aromatic N) is 2. The lowest BCUT2D eigenvalue weighted by molar-refractivity contribution is -0.274. The lowest BCUT2D eigenvalue weighted by Gasteiger charge is -2.12. The number of Topliss-reactive ketones (excluding diaryl/α,β-unsaturated/α-hetero) is 1. The zero-order chi connectivity index (χ0) is 29.4. The molecule has 0 unspecified atom stereocenters. The number of alkyl halides is 3. The van der Waals surface area contributed by atoms with Gasteiger partial charge in [-0.25, -0.2) is 0 Å². The number of carbonyl (C=O) groups is 1. The molecule has 1 aromatic heterocycles. The molecule has 0 aliphatic rings. The van der Waals surface area contributed by atoms with E-state index in [9.17, 15) is 22.8 Å². The lowest BCUT2D eigenvalue weighted by Crippen LogP contribution is -2.21. The summed E-state index contributed by atoms with van der Waals surface area (Å²) in [5.74, 6) is -0.105. The van der Waals surface area contributed by atoms with E-state index in [0.717, 1.165) is 27.7 Å². The van der Waals surface area contributed by atoms with E-state index in [1.54, 1.807) is 31.4 Å². The van der Waals surface area contributed by atoms with Gasteiger partial charge in [-0.2, -0.15) is 0 Å². The number of ether oxygens (including phenoxy) is 2. The van der Waals surface area contributed by atoms with Crippen LogP contribution < -0.4 is 15.0 Å². The van der Waals surface area contributed by atoms with Crippen molar-refractivity contribution >= 4 is 27.4 Å². The zero-order valence-electron chi connectivity index (χ0n) is 21.7. The molecule has 4 rings (SSSR count). The summed E-state index contributed by atoms with van der Waals surface area (Å²) < 4.78 is 49.2. The molecule has 0 saturated carbocycles. The highest BCUT2D eigenvalue weighted by Gasteiger charge is 2.31. The molecule has 1 heterocycles. The molecule has 212 valence electrons. The summed E-state index contributed by atoms with van der Waals surface area (Å²) in [6.45, 7) is 0.334. The maximum absolute atomic E-state index is 13.3. The van der Waals surface area contributed by atoms with Crippen molar-refractivity contribution in [3.05, 3.63) is 128 Å². The molecule has 11 heteroatoms. The molecule has 0 saturated heterocycles. The predicted octanol–water partition coefficient (Wildman–Crippen LogP) is 6.76. The molecule has 3 aromatic carbocycles. The SMILES string of the molecule is COc1ccc(CON=C(CC(=O)c2ccc(=O)n(Cc3cccc(Br)c3)c2)c2ccc(OC(F)(F)F)cc2)cc1. The number of carbonyl (C=O) groups excluding carboxylic acids is 1. The lowest BCUT2D eigenvalue weighted by atomic mass is 10.0. The molecule has 0 fully saturated rings. The Morgan fingerprint density at radius 3 is 2.24 bits per heavy atom. The summed E-state index contributed by atoms with van der Waals surface area (Å²) in [5.41, 5.74) is 2.19. The highest BCUT2D eigenvalue weighted by Crippen LogP contribution is 2.24. The van der Waals surface area contributed by atoms with Gasteiger partial charge >= 0.3 is 6.36 Å². The van der Waals surface area contributed by atoms with Crippen molar-refractivity contribution in [2.45, 2.75) is 25.9 Å². The van der Waals surface area contributed by atoms with Gasteiger partial charge in [-0.1, -0.05) is 45.4 Å². The molecule has 4 aromatic rings. The fourth-order valence-corrected chi connectivity index (χ4v) is 4.30. The molecule has 41 heavy (non-hydrogen) atoms. The standard InChI is InChI=1S/C30H24BrF3N2O5/c1-39-25-10-5-20(6-11-25)19-40-35-27(22-7-12-26(13-8-22)41-30(32,33)34)16-28(37)23-9-14-29(38)36(18-23)17-21-3-2-4-24(31)15-21/h2-15,18H,16-17,19H2,1H3. The Bertz CT molecular complexity index is 1580. The van der Waals surface area contributed by atoms with Crippen LogP contribution in [0.2, 0.25) is 0 Å². The second-order valence-electron chi connectivity index (χ2n) is 8.85. The first-order valence-corrected chi connectivity index (χ1v) is 13.0. The minimum atomic E-state index is -4.84. The Labute approximate surface area is 241 Å². The number of rotatable bonds is 11. The minimum Gasteiger partial charge on any atom is -0.497 e. The first-order valence-electron chi connectivity index (χ1n) is 12.3. The number of pyridine rings is 1. The Morgan fingerprint density at radius 2 is 1.59 bits per heavy atom. The van der Waals surface area contributed by atoms with Crippen molar-refractivity contribution in [2.75, 3.05) is 7.11 Å². The third-order valence-electron chi connectivity index (χ3n) is 5.86. The Balaban J connectivity index is 1.56. The van der Waals surface area contributed by atoms with Crippen LogP contribution in [0.1, 0.15) is 33.5 Å². The van der Waals surface area contributed by atoms with Crippen molar-refractivity contribution in [3.63, 3.8) is 0 Å². The monoisotopic (exact) mass is 628 g/mol. The van der Waals surface area contributed by atoms with Gasteiger partial charge in [0.2, 0.25) is 0 Å². The fourth-order valence-electron chi connectivity index (χ4n) is 3.85. The molecule has 0 aliphatic carbocycles. The Hall–Kier alpha value is -4.38. The van der Waals surface area contributed by atoms with Gasteiger partial charge in [0.1, 0.15) is 18.1 Å². The number of hydrogen-bond donors (Lipinski definition) is 0. The average molecular weight is 629 g/mol. The first kappa shape index (κ1) is 29.6. The van der Waals surface area contributed by atoms with Crippen LogP contribution in [0.15, 0.2) is 106 Å². The summed E-state index contributed by atoms with van der Waals surface area (Å²) in [7, 11) is 1.55. The van der Waals surface area contributed by atoms with Gasteiger partial charge in [0.05, 0.1) is 25.8 Å². The van der Waals surface area contributed by atoms with Crippen LogP contribution in [-0.4, -0.2) is 29.5 Å². The van der Waals surface area contributed by atoms with E-state index in [1.807, 2.05) is 24.3 Å². The first-order chi connectivity index (χ1) is 19.6. The van der Waals surface area contributed by atoms with Crippen LogP contribution in [0.5, 0.6) is 11.5 Å². The fraction of sp³-hybridized carbons (Fsp3) is 0.167. The highest BCUT2D eigenvalue weighted by atomic mass is 79.9. The number of ketones is 1. The number of aromatic nitrogens is 1. The van der Waals surface area contributed by atoms with Gasteiger partial charge in [0, 0.05) is 27.9 Å². The number of hydrogen-bond acceptors (Lipinski definition) is 6. The van der Waals surface area contributed by atoms with Crippen molar-refractivity contribution in [2.24, 2.45) is 5.16 Å². The molecule has 0 amide bonds. The molecule has 0 aliphatic heterocycles. The smallest absolute Gasteiger partial charge is 0.497 e. The van der Waals surface area contributed by atoms with Crippen molar-refractivity contribution in [1.29, 1.82) is 0 Å². The number of methoxy groups -OCH3 is 1. The van der Waals surface area contributed by atoms with E-state index in [-0.39, 0.29) is 42.2 Å². The predicted molar refractivity (Wildman–Crippen MR) is 150 cm³/mol. The number of oxime groups is 1. The summed E-state index contributed by atoms with van der Waals surface area (Å²) in [6, 6.07) is 22.3. The topological polar surface area (TPSA) is 79.1 Å². The van der Waals surface area contributed by atoms with E-state index in [0.29, 0.717) is 11.3 Å². The average Bonchev–Trinajstić information content (AvgIpc) is 2.93. The molecule has 0 atom stereocenters. The van der Waals surface area contributed by atoms with Crippen LogP contribution in [0, 0.1) is 0 Å². The molecular weight excluding hydrogens is 605 g/mol. The van der Waals surface area contributed by atoms with Gasteiger partial charge in [-0.3, -0.25) is 9.59 Å². The van der Waals surface area contributed by atoms with Gasteiger partial charge in [0.15, 0.2) is 5.78 Å². The van der Waals surface area contributed by atoms with E-state index in [2.05, 4.69) is 25.8 Å². The maximum atomic E-state index is 13.3. The second kappa shape index (κ2) is 13.3. The third kappa shape index (κ3) is 8.81. The maximum Gasteiger partial charge on any atom is 0.573 e. The largest absolute Gasteiger partial charge is 0.573 e. The van der Waals surface area contributed by atoms with E-state index < -0.39 is 12.1 Å². The van der Waals surface area contributed by atoms with Gasteiger partial charge < -0.3 is 18.9 Å². The third-order valence-corrected chi connectivity index (χ3v) is 6.35. The van der Waals surface area contributed by atoms with Crippen molar-refractivity contribution in [3.8, 4) is 11.5 Å². The van der Waals surface area contributed by atoms with E-state index in [1.165, 1.54) is 35.0 Å². The normalized spacial score (nSPS) is 11.7. The minimum absolute atomic E-state index is 0.0778. The highest BCUT2D eigenvalue weighted by molar-refractivity contribution is 9.10. The van der Waals surface area contributed by atoms with Crippen molar-refractivity contribution in [1.82, 2.24) is 4.57 Å². The Morgan fingerprint density at radius 1 is 0.902 bits per heavy atom. The summed E-state index contributed by atoms with van der Waals surface area (Å²) >= 11 is 3.41. The molecule has 0 N–H and O–H groups in total. The van der Waals surface area contributed by atoms with Gasteiger partial charge in [-0.15, -0.1) is 13.2 Å². The van der Waals surface area contributed by atoms with Crippen LogP contribution in [0.4, 0.5) is 13.2 Å². The van der Waals surface area contributed by atoms with Gasteiger partial charge in [0.25, 0.3) is 5.56 Å².